The average molecular weight is 617 g/mol. The zero-order valence-electron chi connectivity index (χ0n) is 24.6. The van der Waals surface area contributed by atoms with Crippen LogP contribution in [0.2, 0.25) is 0 Å². The fourth-order valence-corrected chi connectivity index (χ4v) is 4.22. The number of hydrogen-bond acceptors (Lipinski definition) is 10. The van der Waals surface area contributed by atoms with Crippen LogP contribution < -0.4 is 5.32 Å². The van der Waals surface area contributed by atoms with Gasteiger partial charge in [-0.25, -0.2) is 28.8 Å². The molecule has 238 valence electrons. The van der Waals surface area contributed by atoms with E-state index in [2.05, 4.69) is 5.32 Å². The molecule has 0 bridgehead atoms. The van der Waals surface area contributed by atoms with Gasteiger partial charge < -0.3 is 35.2 Å². The van der Waals surface area contributed by atoms with Crippen molar-refractivity contribution in [2.45, 2.75) is 45.8 Å². The Morgan fingerprint density at radius 2 is 1.18 bits per heavy atom. The van der Waals surface area contributed by atoms with E-state index in [0.717, 1.165) is 49.2 Å². The number of hydrogen-bond donors (Lipinski definition) is 5. The van der Waals surface area contributed by atoms with E-state index in [0.29, 0.717) is 26.2 Å². The quantitative estimate of drug-likeness (QED) is 0.120. The van der Waals surface area contributed by atoms with Gasteiger partial charge in [0.15, 0.2) is 0 Å². The third-order valence-corrected chi connectivity index (χ3v) is 6.43. The van der Waals surface area contributed by atoms with Crippen LogP contribution >= 0.6 is 0 Å². The Morgan fingerprint density at radius 1 is 0.705 bits per heavy atom. The van der Waals surface area contributed by atoms with E-state index in [-0.39, 0.29) is 28.8 Å². The second-order valence-corrected chi connectivity index (χ2v) is 10.0. The second kappa shape index (κ2) is 16.7. The number of carboxylic acids is 4. The summed E-state index contributed by atoms with van der Waals surface area (Å²) in [6, 6.07) is 6.27. The summed E-state index contributed by atoms with van der Waals surface area (Å²) in [5.41, 5.74) is -2.02. The molecule has 0 saturated heterocycles. The molecule has 0 fully saturated rings. The molecule has 0 aliphatic heterocycles. The summed E-state index contributed by atoms with van der Waals surface area (Å²) >= 11 is 0. The zero-order chi connectivity index (χ0) is 33.0. The Bertz CT molecular complexity index is 1390. The minimum Gasteiger partial charge on any atom is -0.478 e. The number of benzene rings is 2. The van der Waals surface area contributed by atoms with Crippen molar-refractivity contribution >= 4 is 35.8 Å². The smallest absolute Gasteiger partial charge is 0.339 e. The fraction of sp³-hybridized carbons (Fsp3) is 0.400. The molecule has 2 rings (SSSR count). The number of ether oxygens (including phenoxy) is 2. The first kappa shape index (κ1) is 35.4. The van der Waals surface area contributed by atoms with Gasteiger partial charge in [0.2, 0.25) is 0 Å². The standard InChI is InChI=1S/C30H36N2O12/c1-4-5-11-32(16-18(3)44-30(42)22-9-7-20(26(35)36)14-24(22)28(39)40)12-10-31-15-17(2)43-29(41)21-8-6-19(25(33)34)13-23(21)27(37)38/h6-9,13-14,17-18,31H,4-5,10-12,15-16H2,1-3H3,(H,33,34)(H,35,36)(H,37,38)(H,39,40). The maximum absolute atomic E-state index is 12.7. The van der Waals surface area contributed by atoms with Crippen molar-refractivity contribution in [2.24, 2.45) is 0 Å². The summed E-state index contributed by atoms with van der Waals surface area (Å²) in [4.78, 5) is 72.8. The number of carbonyl (C=O) groups is 6. The van der Waals surface area contributed by atoms with Gasteiger partial charge in [0.1, 0.15) is 12.2 Å². The molecular weight excluding hydrogens is 580 g/mol. The number of rotatable bonds is 18. The van der Waals surface area contributed by atoms with E-state index in [1.807, 2.05) is 11.8 Å². The zero-order valence-corrected chi connectivity index (χ0v) is 24.6. The molecule has 0 saturated carbocycles. The molecule has 0 amide bonds. The molecule has 14 nitrogen and oxygen atoms in total. The van der Waals surface area contributed by atoms with Crippen molar-refractivity contribution in [3.63, 3.8) is 0 Å². The number of aromatic carboxylic acids is 4. The van der Waals surface area contributed by atoms with Crippen LogP contribution in [0.5, 0.6) is 0 Å². The average Bonchev–Trinajstić information content (AvgIpc) is 2.96. The SMILES string of the molecule is CCCCN(CCNCC(C)OC(=O)c1ccc(C(=O)O)cc1C(=O)O)CC(C)OC(=O)c1ccc(C(=O)O)cc1C(=O)O. The lowest BCUT2D eigenvalue weighted by atomic mass is 10.0. The highest BCUT2D eigenvalue weighted by Crippen LogP contribution is 2.17. The molecule has 0 aliphatic carbocycles. The molecule has 2 aromatic carbocycles. The molecule has 2 atom stereocenters. The van der Waals surface area contributed by atoms with E-state index in [9.17, 15) is 39.0 Å². The van der Waals surface area contributed by atoms with Crippen LogP contribution in [-0.2, 0) is 9.47 Å². The fourth-order valence-electron chi connectivity index (χ4n) is 4.22. The Balaban J connectivity index is 1.92. The van der Waals surface area contributed by atoms with E-state index in [1.165, 1.54) is 0 Å². The predicted octanol–water partition coefficient (Wildman–Crippen LogP) is 2.96. The summed E-state index contributed by atoms with van der Waals surface area (Å²) in [7, 11) is 0. The molecule has 2 aromatic rings. The molecule has 0 aromatic heterocycles. The molecule has 44 heavy (non-hydrogen) atoms. The van der Waals surface area contributed by atoms with Gasteiger partial charge in [-0.3, -0.25) is 4.90 Å². The van der Waals surface area contributed by atoms with Gasteiger partial charge >= 0.3 is 35.8 Å². The maximum atomic E-state index is 12.7. The van der Waals surface area contributed by atoms with Gasteiger partial charge in [0.05, 0.1) is 33.4 Å². The first-order valence-electron chi connectivity index (χ1n) is 13.8. The normalized spacial score (nSPS) is 12.3. The Kier molecular flexibility index (Phi) is 13.4. The molecular formula is C30H36N2O12. The number of nitrogens with one attached hydrogen (secondary N) is 1. The third kappa shape index (κ3) is 10.5. The lowest BCUT2D eigenvalue weighted by Crippen LogP contribution is -2.40. The molecule has 2 unspecified atom stereocenters. The van der Waals surface area contributed by atoms with E-state index >= 15 is 0 Å². The highest BCUT2D eigenvalue weighted by Gasteiger charge is 2.24. The number of nitrogens with zero attached hydrogens (tertiary/aromatic N) is 1. The molecule has 0 heterocycles. The number of unbranched alkanes of at least 4 members (excludes halogenated alkanes) is 1. The lowest BCUT2D eigenvalue weighted by Gasteiger charge is -2.26. The van der Waals surface area contributed by atoms with Gasteiger partial charge in [-0.1, -0.05) is 13.3 Å². The highest BCUT2D eigenvalue weighted by molar-refractivity contribution is 6.05. The van der Waals surface area contributed by atoms with E-state index < -0.39 is 59.2 Å². The summed E-state index contributed by atoms with van der Waals surface area (Å²) in [5.74, 6) is -7.37. The molecule has 5 N–H and O–H groups in total. The van der Waals surface area contributed by atoms with Crippen LogP contribution in [-0.4, -0.2) is 106 Å². The van der Waals surface area contributed by atoms with Gasteiger partial charge in [-0.05, 0) is 63.2 Å². The molecule has 14 heteroatoms. The molecule has 0 spiro atoms. The van der Waals surface area contributed by atoms with Crippen LogP contribution in [0.15, 0.2) is 36.4 Å². The molecule has 0 radical (unpaired) electrons. The van der Waals surface area contributed by atoms with Crippen LogP contribution in [0.4, 0.5) is 0 Å². The summed E-state index contributed by atoms with van der Waals surface area (Å²) in [5, 5.41) is 40.2. The van der Waals surface area contributed by atoms with Crippen LogP contribution in [0.25, 0.3) is 0 Å². The Hall–Kier alpha value is -4.82. The van der Waals surface area contributed by atoms with Gasteiger partial charge in [0, 0.05) is 26.2 Å². The van der Waals surface area contributed by atoms with Crippen molar-refractivity contribution < 1.29 is 58.7 Å². The summed E-state index contributed by atoms with van der Waals surface area (Å²) < 4.78 is 10.8. The highest BCUT2D eigenvalue weighted by atomic mass is 16.5. The van der Waals surface area contributed by atoms with Crippen LogP contribution in [0, 0.1) is 0 Å². The number of carboxylic acid groups (broad SMARTS) is 4. The van der Waals surface area contributed by atoms with Crippen molar-refractivity contribution in [1.29, 1.82) is 0 Å². The second-order valence-electron chi connectivity index (χ2n) is 10.0. The van der Waals surface area contributed by atoms with Gasteiger partial charge in [-0.2, -0.15) is 0 Å². The van der Waals surface area contributed by atoms with Crippen molar-refractivity contribution in [2.75, 3.05) is 32.7 Å². The topological polar surface area (TPSA) is 217 Å². The van der Waals surface area contributed by atoms with Crippen molar-refractivity contribution in [3.8, 4) is 0 Å². The first-order valence-corrected chi connectivity index (χ1v) is 13.8. The lowest BCUT2D eigenvalue weighted by molar-refractivity contribution is 0.0240. The minimum atomic E-state index is -1.46. The van der Waals surface area contributed by atoms with Crippen molar-refractivity contribution in [1.82, 2.24) is 10.2 Å². The number of carbonyl (C=O) groups excluding carboxylic acids is 2. The first-order chi connectivity index (χ1) is 20.7. The van der Waals surface area contributed by atoms with E-state index in [1.54, 1.807) is 13.8 Å². The Morgan fingerprint density at radius 3 is 1.61 bits per heavy atom. The third-order valence-electron chi connectivity index (χ3n) is 6.43. The number of esters is 2. The minimum absolute atomic E-state index is 0.234. The monoisotopic (exact) mass is 616 g/mol. The van der Waals surface area contributed by atoms with Gasteiger partial charge in [0.25, 0.3) is 0 Å². The van der Waals surface area contributed by atoms with Gasteiger partial charge in [-0.15, -0.1) is 0 Å². The van der Waals surface area contributed by atoms with Crippen LogP contribution in [0.3, 0.4) is 0 Å². The van der Waals surface area contributed by atoms with E-state index in [4.69, 9.17) is 19.7 Å². The largest absolute Gasteiger partial charge is 0.478 e. The van der Waals surface area contributed by atoms with Crippen molar-refractivity contribution in [3.05, 3.63) is 69.8 Å². The van der Waals surface area contributed by atoms with Crippen LogP contribution in [0.1, 0.15) is 95.8 Å². The molecule has 0 aliphatic rings. The maximum Gasteiger partial charge on any atom is 0.339 e. The Labute approximate surface area is 253 Å². The predicted molar refractivity (Wildman–Crippen MR) is 155 cm³/mol. The summed E-state index contributed by atoms with van der Waals surface area (Å²) in [6.45, 7) is 7.52. The summed E-state index contributed by atoms with van der Waals surface area (Å²) in [6.07, 6.45) is 0.495.